The average Bonchev–Trinajstić information content (AvgIpc) is 3.57. The van der Waals surface area contributed by atoms with E-state index in [0.717, 1.165) is 36.7 Å². The van der Waals surface area contributed by atoms with Crippen molar-refractivity contribution in [1.29, 1.82) is 0 Å². The minimum absolute atomic E-state index is 0.114. The molecule has 1 unspecified atom stereocenters. The maximum absolute atomic E-state index is 13.2. The molecule has 0 bridgehead atoms. The van der Waals surface area contributed by atoms with Gasteiger partial charge >= 0.3 is 0 Å². The highest BCUT2D eigenvalue weighted by Gasteiger charge is 2.35. The quantitative estimate of drug-likeness (QED) is 0.493. The smallest absolute Gasteiger partial charge is 0.267 e. The Hall–Kier alpha value is -3.58. The molecule has 2 aliphatic rings. The molecular formula is C25H23N5O2. The van der Waals surface area contributed by atoms with E-state index < -0.39 is 0 Å². The van der Waals surface area contributed by atoms with Crippen LogP contribution in [0.2, 0.25) is 0 Å². The van der Waals surface area contributed by atoms with Gasteiger partial charge < -0.3 is 9.32 Å². The van der Waals surface area contributed by atoms with Gasteiger partial charge in [-0.3, -0.25) is 14.7 Å². The predicted molar refractivity (Wildman–Crippen MR) is 119 cm³/mol. The number of carbonyl (C=O) groups excluding carboxylic acids is 1. The van der Waals surface area contributed by atoms with Crippen LogP contribution < -0.4 is 0 Å². The number of pyridine rings is 1. The molecule has 1 amide bonds. The Morgan fingerprint density at radius 1 is 1.00 bits per heavy atom. The number of fused-ring (bicyclic) bond motifs is 2. The molecule has 2 aliphatic heterocycles. The van der Waals surface area contributed by atoms with Crippen molar-refractivity contribution in [2.75, 3.05) is 13.1 Å². The summed E-state index contributed by atoms with van der Waals surface area (Å²) in [7, 11) is 0. The van der Waals surface area contributed by atoms with Gasteiger partial charge in [-0.2, -0.15) is 0 Å². The first-order valence-corrected chi connectivity index (χ1v) is 11.0. The van der Waals surface area contributed by atoms with Crippen molar-refractivity contribution in [2.24, 2.45) is 0 Å². The SMILES string of the molecule is O=C(CN1Cc2ccccc2C1)N1CCCC1c1nnc(-c2nccc3ccccc23)o1. The van der Waals surface area contributed by atoms with Crippen LogP contribution in [0.3, 0.4) is 0 Å². The molecular weight excluding hydrogens is 402 g/mol. The lowest BCUT2D eigenvalue weighted by Gasteiger charge is -2.24. The molecule has 7 heteroatoms. The predicted octanol–water partition coefficient (Wildman–Crippen LogP) is 3.96. The Bertz CT molecular complexity index is 1270. The summed E-state index contributed by atoms with van der Waals surface area (Å²) in [6.45, 7) is 2.75. The molecule has 4 aromatic rings. The molecule has 2 aromatic heterocycles. The van der Waals surface area contributed by atoms with Crippen LogP contribution in [0.15, 0.2) is 65.2 Å². The number of nitrogens with zero attached hydrogens (tertiary/aromatic N) is 5. The molecule has 4 heterocycles. The second-order valence-electron chi connectivity index (χ2n) is 8.49. The maximum atomic E-state index is 13.2. The fourth-order valence-electron chi connectivity index (χ4n) is 4.87. The molecule has 0 aliphatic carbocycles. The van der Waals surface area contributed by atoms with Gasteiger partial charge in [0.05, 0.1) is 6.54 Å². The molecule has 6 rings (SSSR count). The first-order chi connectivity index (χ1) is 15.8. The van der Waals surface area contributed by atoms with Gasteiger partial charge in [-0.05, 0) is 35.4 Å². The van der Waals surface area contributed by atoms with Crippen molar-refractivity contribution in [3.05, 3.63) is 77.8 Å². The van der Waals surface area contributed by atoms with E-state index in [2.05, 4.69) is 44.3 Å². The minimum atomic E-state index is -0.177. The largest absolute Gasteiger partial charge is 0.417 e. The first-order valence-electron chi connectivity index (χ1n) is 11.0. The van der Waals surface area contributed by atoms with Gasteiger partial charge in [0.2, 0.25) is 11.8 Å². The van der Waals surface area contributed by atoms with Gasteiger partial charge in [0.25, 0.3) is 5.89 Å². The Kier molecular flexibility index (Phi) is 4.69. The molecule has 160 valence electrons. The third-order valence-electron chi connectivity index (χ3n) is 6.44. The van der Waals surface area contributed by atoms with Gasteiger partial charge in [-0.25, -0.2) is 0 Å². The zero-order chi connectivity index (χ0) is 21.5. The Labute approximate surface area is 185 Å². The Balaban J connectivity index is 1.21. The summed E-state index contributed by atoms with van der Waals surface area (Å²) in [5, 5.41) is 10.6. The van der Waals surface area contributed by atoms with Crippen molar-refractivity contribution in [3.8, 4) is 11.6 Å². The molecule has 0 radical (unpaired) electrons. The summed E-state index contributed by atoms with van der Waals surface area (Å²) in [5.74, 6) is 1.000. The molecule has 1 atom stereocenters. The lowest BCUT2D eigenvalue weighted by atomic mass is 10.1. The van der Waals surface area contributed by atoms with Gasteiger partial charge in [-0.15, -0.1) is 10.2 Å². The zero-order valence-corrected chi connectivity index (χ0v) is 17.6. The Morgan fingerprint density at radius 2 is 1.78 bits per heavy atom. The highest BCUT2D eigenvalue weighted by atomic mass is 16.4. The summed E-state index contributed by atoms with van der Waals surface area (Å²) in [4.78, 5) is 21.7. The van der Waals surface area contributed by atoms with Crippen LogP contribution in [0, 0.1) is 0 Å². The summed E-state index contributed by atoms with van der Waals surface area (Å²) in [5.41, 5.74) is 3.29. The van der Waals surface area contributed by atoms with E-state index in [1.54, 1.807) is 6.20 Å². The number of rotatable bonds is 4. The lowest BCUT2D eigenvalue weighted by Crippen LogP contribution is -2.38. The molecule has 7 nitrogen and oxygen atoms in total. The van der Waals surface area contributed by atoms with E-state index in [1.807, 2.05) is 35.2 Å². The molecule has 0 N–H and O–H groups in total. The molecule has 0 saturated carbocycles. The van der Waals surface area contributed by atoms with Crippen molar-refractivity contribution >= 4 is 16.7 Å². The molecule has 32 heavy (non-hydrogen) atoms. The number of likely N-dealkylation sites (tertiary alicyclic amines) is 1. The topological polar surface area (TPSA) is 75.4 Å². The van der Waals surface area contributed by atoms with Gasteiger partial charge in [0, 0.05) is 31.2 Å². The number of aromatic nitrogens is 3. The zero-order valence-electron chi connectivity index (χ0n) is 17.6. The highest BCUT2D eigenvalue weighted by Crippen LogP contribution is 2.34. The molecule has 0 spiro atoms. The summed E-state index contributed by atoms with van der Waals surface area (Å²) >= 11 is 0. The van der Waals surface area contributed by atoms with Crippen LogP contribution >= 0.6 is 0 Å². The minimum Gasteiger partial charge on any atom is -0.417 e. The third kappa shape index (κ3) is 3.35. The summed E-state index contributed by atoms with van der Waals surface area (Å²) in [6, 6.07) is 18.2. The van der Waals surface area contributed by atoms with E-state index >= 15 is 0 Å². The van der Waals surface area contributed by atoms with Crippen LogP contribution in [0.1, 0.15) is 35.9 Å². The van der Waals surface area contributed by atoms with Crippen molar-refractivity contribution in [2.45, 2.75) is 32.0 Å². The van der Waals surface area contributed by atoms with E-state index in [4.69, 9.17) is 4.42 Å². The second-order valence-corrected chi connectivity index (χ2v) is 8.49. The van der Waals surface area contributed by atoms with E-state index in [9.17, 15) is 4.79 Å². The first kappa shape index (κ1) is 19.1. The highest BCUT2D eigenvalue weighted by molar-refractivity contribution is 5.92. The average molecular weight is 425 g/mol. The van der Waals surface area contributed by atoms with E-state index in [0.29, 0.717) is 30.6 Å². The summed E-state index contributed by atoms with van der Waals surface area (Å²) in [6.07, 6.45) is 3.51. The third-order valence-corrected chi connectivity index (χ3v) is 6.44. The van der Waals surface area contributed by atoms with Crippen molar-refractivity contribution in [3.63, 3.8) is 0 Å². The van der Waals surface area contributed by atoms with Gasteiger partial charge in [0.15, 0.2) is 0 Å². The van der Waals surface area contributed by atoms with Crippen LogP contribution in [0.4, 0.5) is 0 Å². The molecule has 1 saturated heterocycles. The molecule has 1 fully saturated rings. The molecule has 2 aromatic carbocycles. The number of amides is 1. The Morgan fingerprint density at radius 3 is 2.62 bits per heavy atom. The van der Waals surface area contributed by atoms with Gasteiger partial charge in [-0.1, -0.05) is 48.5 Å². The standard InChI is InChI=1S/C25H23N5O2/c31-22(16-29-14-18-7-1-2-8-19(18)15-29)30-13-5-10-21(30)24-27-28-25(32-24)23-20-9-4-3-6-17(20)11-12-26-23/h1-4,6-9,11-12,21H,5,10,13-16H2. The van der Waals surface area contributed by atoms with Crippen LogP contribution in [0.5, 0.6) is 0 Å². The van der Waals surface area contributed by atoms with Gasteiger partial charge in [0.1, 0.15) is 11.7 Å². The van der Waals surface area contributed by atoms with E-state index in [1.165, 1.54) is 11.1 Å². The number of carbonyl (C=O) groups is 1. The van der Waals surface area contributed by atoms with Crippen LogP contribution in [-0.4, -0.2) is 44.0 Å². The normalized spacial score (nSPS) is 18.4. The number of hydrogen-bond donors (Lipinski definition) is 0. The van der Waals surface area contributed by atoms with Crippen LogP contribution in [-0.2, 0) is 17.9 Å². The second kappa shape index (κ2) is 7.84. The van der Waals surface area contributed by atoms with Crippen molar-refractivity contribution in [1.82, 2.24) is 25.0 Å². The lowest BCUT2D eigenvalue weighted by molar-refractivity contribution is -0.133. The fraction of sp³-hybridized carbons (Fsp3) is 0.280. The monoisotopic (exact) mass is 425 g/mol. The van der Waals surface area contributed by atoms with Crippen molar-refractivity contribution < 1.29 is 9.21 Å². The number of hydrogen-bond acceptors (Lipinski definition) is 6. The summed E-state index contributed by atoms with van der Waals surface area (Å²) < 4.78 is 6.07. The maximum Gasteiger partial charge on any atom is 0.267 e. The fourth-order valence-corrected chi connectivity index (χ4v) is 4.87. The van der Waals surface area contributed by atoms with E-state index in [-0.39, 0.29) is 11.9 Å². The number of benzene rings is 2. The van der Waals surface area contributed by atoms with Crippen LogP contribution in [0.25, 0.3) is 22.4 Å².